The van der Waals surface area contributed by atoms with Crippen LogP contribution in [-0.4, -0.2) is 18.4 Å². The molecule has 3 rings (SSSR count). The number of rotatable bonds is 6. The first-order chi connectivity index (χ1) is 13.1. The van der Waals surface area contributed by atoms with Gasteiger partial charge in [-0.1, -0.05) is 41.9 Å². The van der Waals surface area contributed by atoms with Crippen molar-refractivity contribution in [3.8, 4) is 0 Å². The zero-order valence-electron chi connectivity index (χ0n) is 15.3. The molecule has 1 saturated carbocycles. The van der Waals surface area contributed by atoms with Gasteiger partial charge in [0, 0.05) is 29.1 Å². The molecule has 0 unspecified atom stereocenters. The summed E-state index contributed by atoms with van der Waals surface area (Å²) in [5, 5.41) is 6.62. The molecule has 0 spiro atoms. The van der Waals surface area contributed by atoms with Gasteiger partial charge in [0.25, 0.3) is 0 Å². The number of hydrogen-bond acceptors (Lipinski definition) is 2. The van der Waals surface area contributed by atoms with E-state index in [1.54, 1.807) is 24.3 Å². The van der Waals surface area contributed by atoms with Gasteiger partial charge in [0.2, 0.25) is 11.8 Å². The average molecular weight is 385 g/mol. The van der Waals surface area contributed by atoms with Gasteiger partial charge >= 0.3 is 0 Å². The van der Waals surface area contributed by atoms with Gasteiger partial charge in [0.05, 0.1) is 0 Å². The summed E-state index contributed by atoms with van der Waals surface area (Å²) in [5.41, 5.74) is 1.98. The number of halogens is 1. The molecule has 1 fully saturated rings. The van der Waals surface area contributed by atoms with Gasteiger partial charge in [0.15, 0.2) is 0 Å². The summed E-state index contributed by atoms with van der Waals surface area (Å²) < 4.78 is 0. The Morgan fingerprint density at radius 2 is 1.44 bits per heavy atom. The highest BCUT2D eigenvalue weighted by Gasteiger charge is 2.29. The molecule has 0 aliphatic heterocycles. The Morgan fingerprint density at radius 1 is 0.852 bits per heavy atom. The van der Waals surface area contributed by atoms with Crippen molar-refractivity contribution in [2.45, 2.75) is 32.1 Å². The van der Waals surface area contributed by atoms with Crippen LogP contribution in [0.1, 0.15) is 31.2 Å². The fourth-order valence-electron chi connectivity index (χ4n) is 3.51. The molecule has 27 heavy (non-hydrogen) atoms. The Bertz CT molecular complexity index is 754. The zero-order valence-corrected chi connectivity index (χ0v) is 16.0. The Balaban J connectivity index is 1.39. The summed E-state index contributed by atoms with van der Waals surface area (Å²) in [4.78, 5) is 24.8. The molecule has 4 nitrogen and oxygen atoms in total. The summed E-state index contributed by atoms with van der Waals surface area (Å²) in [6, 6.07) is 17.2. The van der Waals surface area contributed by atoms with Crippen LogP contribution in [0.25, 0.3) is 0 Å². The molecule has 1 aliphatic rings. The third-order valence-electron chi connectivity index (χ3n) is 5.14. The van der Waals surface area contributed by atoms with Crippen LogP contribution >= 0.6 is 11.6 Å². The van der Waals surface area contributed by atoms with E-state index in [2.05, 4.69) is 22.8 Å². The third-order valence-corrected chi connectivity index (χ3v) is 5.39. The van der Waals surface area contributed by atoms with E-state index in [-0.39, 0.29) is 23.7 Å². The molecule has 0 atom stereocenters. The molecule has 142 valence electrons. The van der Waals surface area contributed by atoms with E-state index in [1.165, 1.54) is 5.56 Å². The second kappa shape index (κ2) is 9.56. The quantitative estimate of drug-likeness (QED) is 0.773. The number of carbonyl (C=O) groups excluding carboxylic acids is 2. The van der Waals surface area contributed by atoms with E-state index in [0.717, 1.165) is 37.8 Å². The molecule has 0 heterocycles. The van der Waals surface area contributed by atoms with Crippen molar-refractivity contribution in [1.29, 1.82) is 0 Å². The Labute approximate surface area is 165 Å². The van der Waals surface area contributed by atoms with Crippen LogP contribution in [0.5, 0.6) is 0 Å². The van der Waals surface area contributed by atoms with Gasteiger partial charge in [-0.2, -0.15) is 0 Å². The molecule has 0 bridgehead atoms. The molecular formula is C22H25ClN2O2. The van der Waals surface area contributed by atoms with Gasteiger partial charge in [-0.3, -0.25) is 9.59 Å². The lowest BCUT2D eigenvalue weighted by atomic mass is 9.81. The molecule has 2 amide bonds. The largest absolute Gasteiger partial charge is 0.356 e. The average Bonchev–Trinajstić information content (AvgIpc) is 2.70. The number of amides is 2. The van der Waals surface area contributed by atoms with Crippen molar-refractivity contribution >= 4 is 29.1 Å². The second-order valence-electron chi connectivity index (χ2n) is 7.07. The lowest BCUT2D eigenvalue weighted by molar-refractivity contribution is -0.128. The number of hydrogen-bond donors (Lipinski definition) is 2. The fourth-order valence-corrected chi connectivity index (χ4v) is 3.64. The van der Waals surface area contributed by atoms with E-state index < -0.39 is 0 Å². The van der Waals surface area contributed by atoms with Crippen LogP contribution in [0.4, 0.5) is 5.69 Å². The first-order valence-electron chi connectivity index (χ1n) is 9.50. The monoisotopic (exact) mass is 384 g/mol. The molecule has 2 aromatic carbocycles. The minimum atomic E-state index is -0.0333. The molecule has 2 N–H and O–H groups in total. The SMILES string of the molecule is O=C(NCCc1ccccc1)C1CCC(C(=O)Nc2ccc(Cl)cc2)CC1. The van der Waals surface area contributed by atoms with E-state index in [9.17, 15) is 9.59 Å². The molecular weight excluding hydrogens is 360 g/mol. The summed E-state index contributed by atoms with van der Waals surface area (Å²) in [6.45, 7) is 0.653. The maximum Gasteiger partial charge on any atom is 0.227 e. The summed E-state index contributed by atoms with van der Waals surface area (Å²) >= 11 is 5.86. The highest BCUT2D eigenvalue weighted by Crippen LogP contribution is 2.30. The van der Waals surface area contributed by atoms with Crippen molar-refractivity contribution in [3.63, 3.8) is 0 Å². The first kappa shape index (κ1) is 19.4. The predicted molar refractivity (Wildman–Crippen MR) is 109 cm³/mol. The van der Waals surface area contributed by atoms with E-state index >= 15 is 0 Å². The molecule has 1 aliphatic carbocycles. The second-order valence-corrected chi connectivity index (χ2v) is 7.51. The molecule has 0 aromatic heterocycles. The van der Waals surface area contributed by atoms with Crippen molar-refractivity contribution in [2.24, 2.45) is 11.8 Å². The van der Waals surface area contributed by atoms with Gasteiger partial charge in [-0.25, -0.2) is 0 Å². The number of carbonyl (C=O) groups is 2. The fraction of sp³-hybridized carbons (Fsp3) is 0.364. The number of benzene rings is 2. The summed E-state index contributed by atoms with van der Waals surface area (Å²) in [6.07, 6.45) is 3.85. The normalized spacial score (nSPS) is 19.3. The van der Waals surface area contributed by atoms with E-state index in [1.807, 2.05) is 18.2 Å². The summed E-state index contributed by atoms with van der Waals surface area (Å²) in [7, 11) is 0. The van der Waals surface area contributed by atoms with Crippen molar-refractivity contribution in [1.82, 2.24) is 5.32 Å². The van der Waals surface area contributed by atoms with Crippen LogP contribution in [0.3, 0.4) is 0 Å². The van der Waals surface area contributed by atoms with Crippen molar-refractivity contribution in [3.05, 3.63) is 65.2 Å². The van der Waals surface area contributed by atoms with Gasteiger partial charge in [-0.05, 0) is 61.9 Å². The van der Waals surface area contributed by atoms with Crippen LogP contribution in [-0.2, 0) is 16.0 Å². The topological polar surface area (TPSA) is 58.2 Å². The Kier molecular flexibility index (Phi) is 6.88. The van der Waals surface area contributed by atoms with Crippen molar-refractivity contribution < 1.29 is 9.59 Å². The third kappa shape index (κ3) is 5.83. The number of nitrogens with one attached hydrogen (secondary N) is 2. The van der Waals surface area contributed by atoms with Gasteiger partial charge in [-0.15, -0.1) is 0 Å². The minimum absolute atomic E-state index is 0.0142. The lowest BCUT2D eigenvalue weighted by Gasteiger charge is -2.27. The highest BCUT2D eigenvalue weighted by atomic mass is 35.5. The first-order valence-corrected chi connectivity index (χ1v) is 9.87. The van der Waals surface area contributed by atoms with E-state index in [4.69, 9.17) is 11.6 Å². The predicted octanol–water partition coefficient (Wildman–Crippen LogP) is 4.44. The smallest absolute Gasteiger partial charge is 0.227 e. The van der Waals surface area contributed by atoms with Crippen molar-refractivity contribution in [2.75, 3.05) is 11.9 Å². The molecule has 5 heteroatoms. The summed E-state index contributed by atoms with van der Waals surface area (Å²) in [5.74, 6) is 0.122. The standard InChI is InChI=1S/C22H25ClN2O2/c23-19-10-12-20(13-11-19)25-22(27)18-8-6-17(7-9-18)21(26)24-15-14-16-4-2-1-3-5-16/h1-5,10-13,17-18H,6-9,14-15H2,(H,24,26)(H,25,27). The maximum atomic E-state index is 12.4. The van der Waals surface area contributed by atoms with Crippen LogP contribution in [0.15, 0.2) is 54.6 Å². The van der Waals surface area contributed by atoms with Crippen LogP contribution in [0, 0.1) is 11.8 Å². The van der Waals surface area contributed by atoms with Gasteiger partial charge in [0.1, 0.15) is 0 Å². The highest BCUT2D eigenvalue weighted by molar-refractivity contribution is 6.30. The molecule has 0 radical (unpaired) electrons. The minimum Gasteiger partial charge on any atom is -0.356 e. The lowest BCUT2D eigenvalue weighted by Crippen LogP contribution is -2.36. The van der Waals surface area contributed by atoms with E-state index in [0.29, 0.717) is 11.6 Å². The Hall–Kier alpha value is -2.33. The molecule has 2 aromatic rings. The molecule has 0 saturated heterocycles. The van der Waals surface area contributed by atoms with Gasteiger partial charge < -0.3 is 10.6 Å². The van der Waals surface area contributed by atoms with Crippen LogP contribution < -0.4 is 10.6 Å². The number of anilines is 1. The Morgan fingerprint density at radius 3 is 2.07 bits per heavy atom. The van der Waals surface area contributed by atoms with Crippen LogP contribution in [0.2, 0.25) is 5.02 Å². The maximum absolute atomic E-state index is 12.4. The zero-order chi connectivity index (χ0) is 19.1.